The molecule has 1 aliphatic rings. The third-order valence-corrected chi connectivity index (χ3v) is 4.53. The minimum Gasteiger partial charge on any atom is -0.463 e. The standard InChI is InChI=1S/C17H17ClN2O2S/c1-4-22-17(21)14-10(2)20-16(23-3)13(9-19)15(14)11-5-7-12(18)8-6-11/h5-8,15,20H,4H2,1-3H3. The molecule has 0 saturated heterocycles. The zero-order valence-corrected chi connectivity index (χ0v) is 14.7. The molecule has 0 aliphatic carbocycles. The number of carbonyl (C=O) groups excluding carboxylic acids is 1. The average Bonchev–Trinajstić information content (AvgIpc) is 2.54. The molecule has 0 spiro atoms. The summed E-state index contributed by atoms with van der Waals surface area (Å²) in [7, 11) is 0. The van der Waals surface area contributed by atoms with Gasteiger partial charge in [0.2, 0.25) is 0 Å². The molecule has 1 aromatic carbocycles. The molecule has 1 aromatic rings. The Labute approximate surface area is 145 Å². The molecule has 1 aliphatic heterocycles. The molecular formula is C17H17ClN2O2S. The van der Waals surface area contributed by atoms with Gasteiger partial charge in [0, 0.05) is 10.7 Å². The first-order chi connectivity index (χ1) is 11.0. The molecule has 0 aromatic heterocycles. The van der Waals surface area contributed by atoms with Crippen molar-refractivity contribution < 1.29 is 9.53 Å². The predicted octanol–water partition coefficient (Wildman–Crippen LogP) is 3.96. The number of carbonyl (C=O) groups is 1. The highest BCUT2D eigenvalue weighted by Gasteiger charge is 2.35. The van der Waals surface area contributed by atoms with E-state index in [1.807, 2.05) is 25.3 Å². The van der Waals surface area contributed by atoms with Crippen molar-refractivity contribution in [3.8, 4) is 6.07 Å². The molecular weight excluding hydrogens is 332 g/mol. The summed E-state index contributed by atoms with van der Waals surface area (Å²) in [5.74, 6) is -0.870. The number of hydrogen-bond acceptors (Lipinski definition) is 5. The quantitative estimate of drug-likeness (QED) is 0.834. The molecule has 0 fully saturated rings. The largest absolute Gasteiger partial charge is 0.463 e. The molecule has 0 radical (unpaired) electrons. The smallest absolute Gasteiger partial charge is 0.336 e. The highest BCUT2D eigenvalue weighted by molar-refractivity contribution is 8.02. The van der Waals surface area contributed by atoms with Crippen LogP contribution in [0.2, 0.25) is 5.02 Å². The van der Waals surface area contributed by atoms with Crippen molar-refractivity contribution in [3.63, 3.8) is 0 Å². The van der Waals surface area contributed by atoms with Crippen LogP contribution >= 0.6 is 23.4 Å². The van der Waals surface area contributed by atoms with E-state index in [1.165, 1.54) is 11.8 Å². The third kappa shape index (κ3) is 3.54. The van der Waals surface area contributed by atoms with Gasteiger partial charge in [-0.2, -0.15) is 5.26 Å². The van der Waals surface area contributed by atoms with Gasteiger partial charge in [0.15, 0.2) is 0 Å². The monoisotopic (exact) mass is 348 g/mol. The van der Waals surface area contributed by atoms with Gasteiger partial charge >= 0.3 is 5.97 Å². The molecule has 1 unspecified atom stereocenters. The average molecular weight is 349 g/mol. The molecule has 6 heteroatoms. The number of hydrogen-bond donors (Lipinski definition) is 1. The van der Waals surface area contributed by atoms with Crippen LogP contribution in [0.4, 0.5) is 0 Å². The summed E-state index contributed by atoms with van der Waals surface area (Å²) >= 11 is 7.40. The van der Waals surface area contributed by atoms with Gasteiger partial charge in [-0.3, -0.25) is 0 Å². The first kappa shape index (κ1) is 17.5. The molecule has 120 valence electrons. The van der Waals surface area contributed by atoms with E-state index in [0.717, 1.165) is 10.6 Å². The number of thioether (sulfide) groups is 1. The second-order valence-electron chi connectivity index (χ2n) is 4.93. The van der Waals surface area contributed by atoms with Crippen LogP contribution in [-0.4, -0.2) is 18.8 Å². The summed E-state index contributed by atoms with van der Waals surface area (Å²) in [4.78, 5) is 12.4. The second-order valence-corrected chi connectivity index (χ2v) is 6.18. The number of nitriles is 1. The van der Waals surface area contributed by atoms with Gasteiger partial charge < -0.3 is 10.1 Å². The van der Waals surface area contributed by atoms with Gasteiger partial charge in [-0.15, -0.1) is 11.8 Å². The molecule has 4 nitrogen and oxygen atoms in total. The van der Waals surface area contributed by atoms with Crippen LogP contribution in [0.1, 0.15) is 25.3 Å². The number of nitrogens with one attached hydrogen (secondary N) is 1. The van der Waals surface area contributed by atoms with Crippen LogP contribution < -0.4 is 5.32 Å². The Morgan fingerprint density at radius 3 is 2.61 bits per heavy atom. The number of allylic oxidation sites excluding steroid dienone is 2. The number of benzene rings is 1. The first-order valence-electron chi connectivity index (χ1n) is 7.12. The normalized spacial score (nSPS) is 17.6. The molecule has 1 atom stereocenters. The zero-order valence-electron chi connectivity index (χ0n) is 13.1. The van der Waals surface area contributed by atoms with Crippen LogP contribution in [0.15, 0.2) is 46.1 Å². The number of ether oxygens (including phenoxy) is 1. The lowest BCUT2D eigenvalue weighted by atomic mass is 9.82. The van der Waals surface area contributed by atoms with Crippen molar-refractivity contribution in [2.45, 2.75) is 19.8 Å². The summed E-state index contributed by atoms with van der Waals surface area (Å²) < 4.78 is 5.19. The summed E-state index contributed by atoms with van der Waals surface area (Å²) in [6.07, 6.45) is 1.89. The highest BCUT2D eigenvalue weighted by atomic mass is 35.5. The lowest BCUT2D eigenvalue weighted by Crippen LogP contribution is -2.28. The summed E-state index contributed by atoms with van der Waals surface area (Å²) in [6.45, 7) is 3.86. The summed E-state index contributed by atoms with van der Waals surface area (Å²) in [5.41, 5.74) is 2.50. The predicted molar refractivity (Wildman–Crippen MR) is 92.8 cm³/mol. The minimum absolute atomic E-state index is 0.282. The third-order valence-electron chi connectivity index (χ3n) is 3.55. The van der Waals surface area contributed by atoms with Crippen LogP contribution in [-0.2, 0) is 9.53 Å². The highest BCUT2D eigenvalue weighted by Crippen LogP contribution is 2.40. The minimum atomic E-state index is -0.458. The van der Waals surface area contributed by atoms with Gasteiger partial charge in [-0.1, -0.05) is 23.7 Å². The fourth-order valence-electron chi connectivity index (χ4n) is 2.54. The van der Waals surface area contributed by atoms with E-state index in [4.69, 9.17) is 16.3 Å². The Morgan fingerprint density at radius 2 is 2.09 bits per heavy atom. The van der Waals surface area contributed by atoms with Gasteiger partial charge in [-0.05, 0) is 37.8 Å². The molecule has 0 bridgehead atoms. The maximum atomic E-state index is 12.4. The lowest BCUT2D eigenvalue weighted by Gasteiger charge is -2.28. The van der Waals surface area contributed by atoms with Crippen LogP contribution in [0.3, 0.4) is 0 Å². The molecule has 1 heterocycles. The Kier molecular flexibility index (Phi) is 5.75. The van der Waals surface area contributed by atoms with E-state index in [1.54, 1.807) is 19.1 Å². The number of esters is 1. The first-order valence-corrected chi connectivity index (χ1v) is 8.72. The molecule has 1 N–H and O–H groups in total. The van der Waals surface area contributed by atoms with E-state index in [-0.39, 0.29) is 6.61 Å². The maximum absolute atomic E-state index is 12.4. The maximum Gasteiger partial charge on any atom is 0.336 e. The molecule has 0 amide bonds. The Balaban J connectivity index is 2.61. The number of rotatable bonds is 4. The Morgan fingerprint density at radius 1 is 1.43 bits per heavy atom. The van der Waals surface area contributed by atoms with Crippen LogP contribution in [0.25, 0.3) is 0 Å². The van der Waals surface area contributed by atoms with Gasteiger partial charge in [-0.25, -0.2) is 4.79 Å². The summed E-state index contributed by atoms with van der Waals surface area (Å²) in [5, 5.41) is 14.1. The Hall–Kier alpha value is -1.90. The van der Waals surface area contributed by atoms with Crippen molar-refractivity contribution in [2.75, 3.05) is 12.9 Å². The number of nitrogens with zero attached hydrogens (tertiary/aromatic N) is 1. The SMILES string of the molecule is CCOC(=O)C1=C(C)NC(SC)=C(C#N)C1c1ccc(Cl)cc1. The van der Waals surface area contributed by atoms with Gasteiger partial charge in [0.1, 0.15) is 0 Å². The van der Waals surface area contributed by atoms with E-state index >= 15 is 0 Å². The van der Waals surface area contributed by atoms with Crippen molar-refractivity contribution in [3.05, 3.63) is 56.7 Å². The zero-order chi connectivity index (χ0) is 17.0. The van der Waals surface area contributed by atoms with Gasteiger partial charge in [0.05, 0.1) is 34.8 Å². The lowest BCUT2D eigenvalue weighted by molar-refractivity contribution is -0.138. The molecule has 23 heavy (non-hydrogen) atoms. The van der Waals surface area contributed by atoms with E-state index in [2.05, 4.69) is 11.4 Å². The molecule has 2 rings (SSSR count). The second kappa shape index (κ2) is 7.58. The van der Waals surface area contributed by atoms with Crippen LogP contribution in [0, 0.1) is 11.3 Å². The van der Waals surface area contributed by atoms with E-state index in [9.17, 15) is 10.1 Å². The number of dihydropyridines is 1. The fourth-order valence-corrected chi connectivity index (χ4v) is 3.31. The van der Waals surface area contributed by atoms with Crippen molar-refractivity contribution in [1.82, 2.24) is 5.32 Å². The summed E-state index contributed by atoms with van der Waals surface area (Å²) in [6, 6.07) is 9.41. The van der Waals surface area contributed by atoms with E-state index < -0.39 is 11.9 Å². The molecule has 0 saturated carbocycles. The van der Waals surface area contributed by atoms with E-state index in [0.29, 0.717) is 21.9 Å². The van der Waals surface area contributed by atoms with Crippen LogP contribution in [0.5, 0.6) is 0 Å². The fraction of sp³-hybridized carbons (Fsp3) is 0.294. The van der Waals surface area contributed by atoms with Crippen molar-refractivity contribution in [1.29, 1.82) is 5.26 Å². The van der Waals surface area contributed by atoms with Crippen molar-refractivity contribution >= 4 is 29.3 Å². The topological polar surface area (TPSA) is 62.1 Å². The Bertz CT molecular complexity index is 717. The van der Waals surface area contributed by atoms with Gasteiger partial charge in [0.25, 0.3) is 0 Å². The number of halogens is 1. The van der Waals surface area contributed by atoms with Crippen molar-refractivity contribution in [2.24, 2.45) is 0 Å².